The van der Waals surface area contributed by atoms with E-state index in [9.17, 15) is 14.0 Å². The zero-order valence-corrected chi connectivity index (χ0v) is 17.4. The number of anilines is 1. The minimum atomic E-state index is -0.352. The number of carbonyl (C=O) groups excluding carboxylic acids is 2. The summed E-state index contributed by atoms with van der Waals surface area (Å²) in [6, 6.07) is 15.0. The summed E-state index contributed by atoms with van der Waals surface area (Å²) in [6.45, 7) is 0.209. The number of aromatic nitrogens is 2. The monoisotopic (exact) mass is 438 g/mol. The van der Waals surface area contributed by atoms with Gasteiger partial charge in [-0.15, -0.1) is 11.3 Å². The van der Waals surface area contributed by atoms with Crippen molar-refractivity contribution in [1.29, 1.82) is 0 Å². The number of carbonyl (C=O) groups is 2. The van der Waals surface area contributed by atoms with Gasteiger partial charge in [0.25, 0.3) is 5.91 Å². The fourth-order valence-corrected chi connectivity index (χ4v) is 4.05. The van der Waals surface area contributed by atoms with E-state index in [1.807, 2.05) is 18.2 Å². The number of ether oxygens (including phenoxy) is 1. The summed E-state index contributed by atoms with van der Waals surface area (Å²) in [4.78, 5) is 26.0. The highest BCUT2D eigenvalue weighted by molar-refractivity contribution is 7.20. The number of hydrogen-bond acceptors (Lipinski definition) is 5. The lowest BCUT2D eigenvalue weighted by atomic mass is 10.1. The Balaban J connectivity index is 1.43. The Morgan fingerprint density at radius 2 is 2.00 bits per heavy atom. The number of benzene rings is 2. The number of aromatic amines is 1. The first-order valence-electron chi connectivity index (χ1n) is 9.46. The number of fused-ring (bicyclic) bond motifs is 1. The third-order valence-electron chi connectivity index (χ3n) is 4.62. The van der Waals surface area contributed by atoms with Crippen molar-refractivity contribution in [3.63, 3.8) is 0 Å². The van der Waals surface area contributed by atoms with Crippen LogP contribution in [0.15, 0.2) is 54.6 Å². The van der Waals surface area contributed by atoms with E-state index in [1.165, 1.54) is 23.5 Å². The molecule has 0 atom stereocenters. The average molecular weight is 438 g/mol. The van der Waals surface area contributed by atoms with Gasteiger partial charge in [0.2, 0.25) is 5.91 Å². The number of thiophene rings is 1. The largest absolute Gasteiger partial charge is 0.496 e. The fraction of sp³-hybridized carbons (Fsp3) is 0.136. The van der Waals surface area contributed by atoms with E-state index >= 15 is 0 Å². The molecule has 31 heavy (non-hydrogen) atoms. The van der Waals surface area contributed by atoms with Crippen LogP contribution in [0, 0.1) is 5.82 Å². The first-order valence-corrected chi connectivity index (χ1v) is 10.3. The molecule has 9 heteroatoms. The van der Waals surface area contributed by atoms with Gasteiger partial charge in [0.1, 0.15) is 22.2 Å². The molecule has 0 spiro atoms. The molecule has 0 bridgehead atoms. The van der Waals surface area contributed by atoms with Crippen molar-refractivity contribution >= 4 is 39.2 Å². The standard InChI is InChI=1S/C22H19FN4O3S/c1-30-17-8-3-2-6-14(17)10-19(28)25-20-16-11-18(31-22(16)27-26-20)21(29)24-12-13-5-4-7-15(23)9-13/h2-9,11H,10,12H2,1H3,(H,24,29)(H2,25,26,27,28). The molecule has 4 rings (SSSR count). The van der Waals surface area contributed by atoms with E-state index in [-0.39, 0.29) is 30.6 Å². The van der Waals surface area contributed by atoms with Gasteiger partial charge >= 0.3 is 0 Å². The highest BCUT2D eigenvalue weighted by Crippen LogP contribution is 2.29. The normalized spacial score (nSPS) is 10.8. The fourth-order valence-electron chi connectivity index (χ4n) is 3.14. The lowest BCUT2D eigenvalue weighted by Crippen LogP contribution is -2.21. The van der Waals surface area contributed by atoms with Crippen LogP contribution in [0.5, 0.6) is 5.75 Å². The average Bonchev–Trinajstić information content (AvgIpc) is 3.34. The van der Waals surface area contributed by atoms with Crippen molar-refractivity contribution in [2.45, 2.75) is 13.0 Å². The molecule has 0 saturated heterocycles. The summed E-state index contributed by atoms with van der Waals surface area (Å²) in [6.07, 6.45) is 0.135. The van der Waals surface area contributed by atoms with E-state index in [0.29, 0.717) is 32.2 Å². The quantitative estimate of drug-likeness (QED) is 0.408. The van der Waals surface area contributed by atoms with Gasteiger partial charge < -0.3 is 15.4 Å². The van der Waals surface area contributed by atoms with Gasteiger partial charge in [0.05, 0.1) is 23.8 Å². The Morgan fingerprint density at radius 3 is 2.81 bits per heavy atom. The molecule has 0 unspecified atom stereocenters. The first kappa shape index (κ1) is 20.5. The molecule has 0 radical (unpaired) electrons. The Morgan fingerprint density at radius 1 is 1.16 bits per heavy atom. The highest BCUT2D eigenvalue weighted by Gasteiger charge is 2.17. The molecule has 0 saturated carbocycles. The Hall–Kier alpha value is -3.72. The molecule has 2 aromatic heterocycles. The molecular weight excluding hydrogens is 419 g/mol. The SMILES string of the molecule is COc1ccccc1CC(=O)Nc1[nH]nc2sc(C(=O)NCc3cccc(F)c3)cc12. The topological polar surface area (TPSA) is 96.1 Å². The third-order valence-corrected chi connectivity index (χ3v) is 5.65. The van der Waals surface area contributed by atoms with Crippen molar-refractivity contribution in [3.8, 4) is 5.75 Å². The molecule has 2 aromatic carbocycles. The minimum Gasteiger partial charge on any atom is -0.496 e. The zero-order chi connectivity index (χ0) is 21.8. The summed E-state index contributed by atoms with van der Waals surface area (Å²) in [5.41, 5.74) is 1.43. The summed E-state index contributed by atoms with van der Waals surface area (Å²) in [5.74, 6) is 0.183. The predicted molar refractivity (Wildman–Crippen MR) is 117 cm³/mol. The molecule has 2 amide bonds. The maximum Gasteiger partial charge on any atom is 0.261 e. The number of rotatable bonds is 7. The van der Waals surface area contributed by atoms with Gasteiger partial charge in [0, 0.05) is 12.1 Å². The molecular formula is C22H19FN4O3S. The number of hydrogen-bond donors (Lipinski definition) is 3. The number of para-hydroxylation sites is 1. The van der Waals surface area contributed by atoms with Crippen molar-refractivity contribution in [1.82, 2.24) is 15.5 Å². The number of H-pyrrole nitrogens is 1. The van der Waals surface area contributed by atoms with Gasteiger partial charge in [-0.2, -0.15) is 5.10 Å². The Kier molecular flexibility index (Phi) is 5.94. The Labute approximate surface area is 181 Å². The summed E-state index contributed by atoms with van der Waals surface area (Å²) in [7, 11) is 1.56. The number of nitrogens with one attached hydrogen (secondary N) is 3. The van der Waals surface area contributed by atoms with Crippen molar-refractivity contribution in [3.05, 3.63) is 76.4 Å². The molecule has 0 fully saturated rings. The number of nitrogens with zero attached hydrogens (tertiary/aromatic N) is 1. The van der Waals surface area contributed by atoms with Gasteiger partial charge in [-0.3, -0.25) is 14.7 Å². The minimum absolute atomic E-state index is 0.135. The van der Waals surface area contributed by atoms with Gasteiger partial charge in [-0.1, -0.05) is 30.3 Å². The zero-order valence-electron chi connectivity index (χ0n) is 16.6. The smallest absolute Gasteiger partial charge is 0.261 e. The van der Waals surface area contributed by atoms with Crippen LogP contribution in [0.4, 0.5) is 10.2 Å². The van der Waals surface area contributed by atoms with Crippen LogP contribution in [0.1, 0.15) is 20.8 Å². The van der Waals surface area contributed by atoms with Crippen LogP contribution in [0.2, 0.25) is 0 Å². The van der Waals surface area contributed by atoms with Crippen LogP contribution in [-0.4, -0.2) is 29.1 Å². The van der Waals surface area contributed by atoms with E-state index in [1.54, 1.807) is 31.4 Å². The molecule has 7 nitrogen and oxygen atoms in total. The maximum absolute atomic E-state index is 13.3. The van der Waals surface area contributed by atoms with E-state index in [2.05, 4.69) is 20.8 Å². The predicted octanol–water partition coefficient (Wildman–Crippen LogP) is 3.88. The second kappa shape index (κ2) is 8.97. The lowest BCUT2D eigenvalue weighted by molar-refractivity contribution is -0.115. The van der Waals surface area contributed by atoms with Gasteiger partial charge in [-0.25, -0.2) is 4.39 Å². The van der Waals surface area contributed by atoms with Crippen molar-refractivity contribution in [2.75, 3.05) is 12.4 Å². The molecule has 0 aliphatic rings. The molecule has 2 heterocycles. The molecule has 0 aliphatic heterocycles. The van der Waals surface area contributed by atoms with Crippen LogP contribution >= 0.6 is 11.3 Å². The van der Waals surface area contributed by atoms with Crippen LogP contribution in [0.3, 0.4) is 0 Å². The highest BCUT2D eigenvalue weighted by atomic mass is 32.1. The van der Waals surface area contributed by atoms with Crippen molar-refractivity contribution < 1.29 is 18.7 Å². The Bertz CT molecular complexity index is 1250. The van der Waals surface area contributed by atoms with Crippen molar-refractivity contribution in [2.24, 2.45) is 0 Å². The van der Waals surface area contributed by atoms with Crippen LogP contribution in [0.25, 0.3) is 10.2 Å². The van der Waals surface area contributed by atoms with Crippen LogP contribution in [-0.2, 0) is 17.8 Å². The first-order chi connectivity index (χ1) is 15.0. The number of halogens is 1. The number of methoxy groups -OCH3 is 1. The number of amides is 2. The van der Waals surface area contributed by atoms with Gasteiger partial charge in [0.15, 0.2) is 0 Å². The third kappa shape index (κ3) is 4.72. The molecule has 4 aromatic rings. The maximum atomic E-state index is 13.3. The molecule has 0 aliphatic carbocycles. The second-order valence-electron chi connectivity index (χ2n) is 6.78. The van der Waals surface area contributed by atoms with E-state index in [4.69, 9.17) is 4.74 Å². The second-order valence-corrected chi connectivity index (χ2v) is 7.81. The summed E-state index contributed by atoms with van der Waals surface area (Å²) in [5, 5.41) is 13.2. The summed E-state index contributed by atoms with van der Waals surface area (Å²) < 4.78 is 18.6. The lowest BCUT2D eigenvalue weighted by Gasteiger charge is -2.08. The van der Waals surface area contributed by atoms with E-state index < -0.39 is 0 Å². The molecule has 3 N–H and O–H groups in total. The molecule has 158 valence electrons. The van der Waals surface area contributed by atoms with E-state index in [0.717, 1.165) is 5.56 Å². The van der Waals surface area contributed by atoms with Gasteiger partial charge in [-0.05, 0) is 29.8 Å². The summed E-state index contributed by atoms with van der Waals surface area (Å²) >= 11 is 1.20. The van der Waals surface area contributed by atoms with Crippen LogP contribution < -0.4 is 15.4 Å².